The van der Waals surface area contributed by atoms with E-state index in [-0.39, 0.29) is 6.61 Å². The van der Waals surface area contributed by atoms with Crippen LogP contribution >= 0.6 is 23.1 Å². The van der Waals surface area contributed by atoms with Crippen LogP contribution in [0, 0.1) is 0 Å². The van der Waals surface area contributed by atoms with Gasteiger partial charge in [-0.15, -0.1) is 23.1 Å². The number of hydrogen-bond acceptors (Lipinski definition) is 8. The van der Waals surface area contributed by atoms with Gasteiger partial charge in [-0.3, -0.25) is 4.79 Å². The number of amides is 1. The van der Waals surface area contributed by atoms with Crippen molar-refractivity contribution in [1.82, 2.24) is 4.98 Å². The Bertz CT molecular complexity index is 910. The maximum atomic E-state index is 12.3. The van der Waals surface area contributed by atoms with Gasteiger partial charge in [0.15, 0.2) is 6.61 Å². The fourth-order valence-electron chi connectivity index (χ4n) is 2.99. The number of pyridine rings is 1. The molecule has 0 aromatic carbocycles. The number of hydrogen-bond donors (Lipinski definition) is 1. The topological polar surface area (TPSA) is 94.6 Å². The minimum absolute atomic E-state index is 0.261. The Hall–Kier alpha value is -2.39. The summed E-state index contributed by atoms with van der Waals surface area (Å²) in [5.74, 6) is -1.56. The Kier molecular flexibility index (Phi) is 6.69. The highest BCUT2D eigenvalue weighted by Gasteiger charge is 2.28. The Morgan fingerprint density at radius 3 is 2.82 bits per heavy atom. The van der Waals surface area contributed by atoms with Crippen molar-refractivity contribution in [3.05, 3.63) is 39.9 Å². The van der Waals surface area contributed by atoms with Crippen LogP contribution in [0.4, 0.5) is 5.00 Å². The zero-order valence-corrected chi connectivity index (χ0v) is 17.2. The first kappa shape index (κ1) is 20.3. The fraction of sp³-hybridized carbons (Fsp3) is 0.368. The molecular formula is C19H20N2O5S2. The van der Waals surface area contributed by atoms with Gasteiger partial charge >= 0.3 is 11.9 Å². The van der Waals surface area contributed by atoms with Crippen LogP contribution in [0.5, 0.6) is 0 Å². The van der Waals surface area contributed by atoms with Gasteiger partial charge in [0.1, 0.15) is 10.0 Å². The van der Waals surface area contributed by atoms with E-state index in [1.165, 1.54) is 23.1 Å². The molecule has 1 aliphatic carbocycles. The molecular weight excluding hydrogens is 400 g/mol. The molecule has 2 aromatic heterocycles. The van der Waals surface area contributed by atoms with E-state index < -0.39 is 24.5 Å². The van der Waals surface area contributed by atoms with Crippen molar-refractivity contribution in [1.29, 1.82) is 0 Å². The molecule has 2 aromatic rings. The third-order valence-corrected chi connectivity index (χ3v) is 6.09. The Morgan fingerprint density at radius 2 is 2.07 bits per heavy atom. The SMILES string of the molecule is CCOC(=O)c1c(NC(=O)COC(=O)c2cccnc2SC)sc2c1CCC2. The number of ether oxygens (including phenoxy) is 2. The van der Waals surface area contributed by atoms with Crippen LogP contribution in [0.1, 0.15) is 44.5 Å². The highest BCUT2D eigenvalue weighted by atomic mass is 32.2. The normalized spacial score (nSPS) is 12.4. The number of rotatable bonds is 7. The number of nitrogens with zero attached hydrogens (tertiary/aromatic N) is 1. The first-order valence-corrected chi connectivity index (χ1v) is 10.9. The van der Waals surface area contributed by atoms with Gasteiger partial charge < -0.3 is 14.8 Å². The molecule has 3 rings (SSSR count). The van der Waals surface area contributed by atoms with E-state index in [0.717, 1.165) is 29.7 Å². The van der Waals surface area contributed by atoms with Crippen LogP contribution in [0.2, 0.25) is 0 Å². The number of aryl methyl sites for hydroxylation is 1. The molecule has 0 saturated heterocycles. The summed E-state index contributed by atoms with van der Waals surface area (Å²) < 4.78 is 10.3. The molecule has 0 bridgehead atoms. The largest absolute Gasteiger partial charge is 0.462 e. The molecule has 148 valence electrons. The van der Waals surface area contributed by atoms with Gasteiger partial charge in [0.05, 0.1) is 17.7 Å². The minimum atomic E-state index is -0.619. The number of thiophene rings is 1. The average molecular weight is 421 g/mol. The molecule has 0 spiro atoms. The van der Waals surface area contributed by atoms with Crippen molar-refractivity contribution in [2.75, 3.05) is 24.8 Å². The number of nitrogens with one attached hydrogen (secondary N) is 1. The number of esters is 2. The van der Waals surface area contributed by atoms with Crippen molar-refractivity contribution < 1.29 is 23.9 Å². The molecule has 28 heavy (non-hydrogen) atoms. The van der Waals surface area contributed by atoms with E-state index in [1.54, 1.807) is 31.5 Å². The maximum absolute atomic E-state index is 12.3. The third kappa shape index (κ3) is 4.36. The summed E-state index contributed by atoms with van der Waals surface area (Å²) in [6, 6.07) is 3.23. The fourth-order valence-corrected chi connectivity index (χ4v) is 4.82. The predicted octanol–water partition coefficient (Wildman–Crippen LogP) is 3.33. The molecule has 0 fully saturated rings. The molecule has 0 atom stereocenters. The quantitative estimate of drug-likeness (QED) is 0.542. The van der Waals surface area contributed by atoms with E-state index in [9.17, 15) is 14.4 Å². The second kappa shape index (κ2) is 9.20. The van der Waals surface area contributed by atoms with Crippen molar-refractivity contribution in [3.63, 3.8) is 0 Å². The van der Waals surface area contributed by atoms with Crippen molar-refractivity contribution in [3.8, 4) is 0 Å². The zero-order chi connectivity index (χ0) is 20.1. The maximum Gasteiger partial charge on any atom is 0.341 e. The molecule has 0 saturated carbocycles. The summed E-state index contributed by atoms with van der Waals surface area (Å²) in [6.45, 7) is 1.55. The molecule has 1 amide bonds. The van der Waals surface area contributed by atoms with Crippen LogP contribution in [-0.4, -0.2) is 42.3 Å². The summed E-state index contributed by atoms with van der Waals surface area (Å²) in [4.78, 5) is 42.1. The number of aromatic nitrogens is 1. The molecule has 0 unspecified atom stereocenters. The molecule has 0 radical (unpaired) electrons. The van der Waals surface area contributed by atoms with Crippen LogP contribution in [0.25, 0.3) is 0 Å². The summed E-state index contributed by atoms with van der Waals surface area (Å²) in [5.41, 5.74) is 1.69. The van der Waals surface area contributed by atoms with Gasteiger partial charge in [-0.05, 0) is 50.1 Å². The standard InChI is InChI=1S/C19H20N2O5S2/c1-3-25-19(24)15-11-6-4-8-13(11)28-17(15)21-14(22)10-26-18(23)12-7-5-9-20-16(12)27-2/h5,7,9H,3-4,6,8,10H2,1-2H3,(H,21,22). The molecule has 1 N–H and O–H groups in total. The number of thioether (sulfide) groups is 1. The number of carbonyl (C=O) groups is 3. The smallest absolute Gasteiger partial charge is 0.341 e. The van der Waals surface area contributed by atoms with Gasteiger partial charge in [0, 0.05) is 11.1 Å². The monoisotopic (exact) mass is 420 g/mol. The van der Waals surface area contributed by atoms with E-state index >= 15 is 0 Å². The van der Waals surface area contributed by atoms with Gasteiger partial charge in [0.2, 0.25) is 0 Å². The summed E-state index contributed by atoms with van der Waals surface area (Å²) in [6.07, 6.45) is 6.06. The minimum Gasteiger partial charge on any atom is -0.462 e. The van der Waals surface area contributed by atoms with E-state index in [4.69, 9.17) is 9.47 Å². The highest BCUT2D eigenvalue weighted by molar-refractivity contribution is 7.98. The third-order valence-electron chi connectivity index (χ3n) is 4.17. The lowest BCUT2D eigenvalue weighted by molar-refractivity contribution is -0.119. The average Bonchev–Trinajstić information content (AvgIpc) is 3.26. The molecule has 9 heteroatoms. The summed E-state index contributed by atoms with van der Waals surface area (Å²) in [7, 11) is 0. The molecule has 7 nitrogen and oxygen atoms in total. The second-order valence-corrected chi connectivity index (χ2v) is 7.87. The Morgan fingerprint density at radius 1 is 1.25 bits per heavy atom. The Labute approximate surface area is 170 Å². The van der Waals surface area contributed by atoms with Gasteiger partial charge in [-0.25, -0.2) is 14.6 Å². The van der Waals surface area contributed by atoms with Crippen molar-refractivity contribution >= 4 is 45.9 Å². The highest BCUT2D eigenvalue weighted by Crippen LogP contribution is 2.39. The second-order valence-electron chi connectivity index (χ2n) is 5.97. The van der Waals surface area contributed by atoms with Gasteiger partial charge in [-0.1, -0.05) is 0 Å². The van der Waals surface area contributed by atoms with E-state index in [2.05, 4.69) is 10.3 Å². The lowest BCUT2D eigenvalue weighted by Gasteiger charge is -2.09. The van der Waals surface area contributed by atoms with Crippen LogP contribution in [0.15, 0.2) is 23.4 Å². The van der Waals surface area contributed by atoms with E-state index in [0.29, 0.717) is 21.2 Å². The molecule has 0 aliphatic heterocycles. The number of anilines is 1. The van der Waals surface area contributed by atoms with Crippen LogP contribution in [0.3, 0.4) is 0 Å². The lowest BCUT2D eigenvalue weighted by atomic mass is 10.1. The van der Waals surface area contributed by atoms with Crippen LogP contribution < -0.4 is 5.32 Å². The van der Waals surface area contributed by atoms with Gasteiger partial charge in [-0.2, -0.15) is 0 Å². The Balaban J connectivity index is 1.67. The van der Waals surface area contributed by atoms with Crippen molar-refractivity contribution in [2.45, 2.75) is 31.2 Å². The lowest BCUT2D eigenvalue weighted by Crippen LogP contribution is -2.22. The molecule has 1 aliphatic rings. The number of carbonyl (C=O) groups excluding carboxylic acids is 3. The number of fused-ring (bicyclic) bond motifs is 1. The predicted molar refractivity (Wildman–Crippen MR) is 107 cm³/mol. The first-order chi connectivity index (χ1) is 13.5. The first-order valence-electron chi connectivity index (χ1n) is 8.82. The molecule has 2 heterocycles. The van der Waals surface area contributed by atoms with Gasteiger partial charge in [0.25, 0.3) is 5.91 Å². The summed E-state index contributed by atoms with van der Waals surface area (Å²) >= 11 is 2.70. The van der Waals surface area contributed by atoms with E-state index in [1.807, 2.05) is 0 Å². The van der Waals surface area contributed by atoms with Crippen LogP contribution in [-0.2, 0) is 27.1 Å². The summed E-state index contributed by atoms with van der Waals surface area (Å²) in [5, 5.41) is 3.68. The zero-order valence-electron chi connectivity index (χ0n) is 15.6. The van der Waals surface area contributed by atoms with Crippen molar-refractivity contribution in [2.24, 2.45) is 0 Å².